The van der Waals surface area contributed by atoms with Crippen LogP contribution in [0, 0.1) is 0 Å². The summed E-state index contributed by atoms with van der Waals surface area (Å²) in [5.41, 5.74) is 0. The molecule has 1 N–H and O–H groups in total. The predicted octanol–water partition coefficient (Wildman–Crippen LogP) is -0.859. The monoisotopic (exact) mass is 272 g/mol. The van der Waals surface area contributed by atoms with Gasteiger partial charge in [0.1, 0.15) is 6.61 Å². The number of morpholine rings is 1. The van der Waals surface area contributed by atoms with Gasteiger partial charge in [-0.15, -0.1) is 0 Å². The molecule has 106 valence electrons. The Morgan fingerprint density at radius 1 is 1.32 bits per heavy atom. The second-order valence-electron chi connectivity index (χ2n) is 4.46. The number of rotatable bonds is 4. The zero-order valence-electron chi connectivity index (χ0n) is 10.4. The lowest BCUT2D eigenvalue weighted by atomic mass is 10.1. The summed E-state index contributed by atoms with van der Waals surface area (Å²) in [6.45, 7) is 1.69. The van der Waals surface area contributed by atoms with Gasteiger partial charge in [0.15, 0.2) is 0 Å². The van der Waals surface area contributed by atoms with E-state index in [4.69, 9.17) is 14.6 Å². The van der Waals surface area contributed by atoms with E-state index in [2.05, 4.69) is 0 Å². The lowest BCUT2D eigenvalue weighted by Gasteiger charge is -2.34. The smallest absolute Gasteiger partial charge is 0.416 e. The van der Waals surface area contributed by atoms with E-state index in [-0.39, 0.29) is 44.7 Å². The Labute approximate surface area is 109 Å². The molecule has 2 saturated heterocycles. The van der Waals surface area contributed by atoms with Gasteiger partial charge in [0.05, 0.1) is 32.7 Å². The van der Waals surface area contributed by atoms with E-state index in [0.717, 1.165) is 4.90 Å². The number of nitrogens with zero attached hydrogens (tertiary/aromatic N) is 2. The maximum absolute atomic E-state index is 12.0. The highest BCUT2D eigenvalue weighted by molar-refractivity contribution is 5.94. The first-order valence-electron chi connectivity index (χ1n) is 6.08. The molecule has 8 heteroatoms. The van der Waals surface area contributed by atoms with Crippen molar-refractivity contribution in [2.24, 2.45) is 0 Å². The number of ether oxygens (including phenoxy) is 2. The maximum Gasteiger partial charge on any atom is 0.416 e. The third-order valence-electron chi connectivity index (χ3n) is 3.16. The van der Waals surface area contributed by atoms with Crippen molar-refractivity contribution in [2.75, 3.05) is 39.5 Å². The molecule has 2 fully saturated rings. The number of aliphatic carboxylic acids is 1. The Kier molecular flexibility index (Phi) is 4.33. The van der Waals surface area contributed by atoms with Gasteiger partial charge in [0.2, 0.25) is 5.91 Å². The van der Waals surface area contributed by atoms with Crippen LogP contribution in [0.3, 0.4) is 0 Å². The van der Waals surface area contributed by atoms with Crippen molar-refractivity contribution in [1.29, 1.82) is 0 Å². The van der Waals surface area contributed by atoms with Gasteiger partial charge >= 0.3 is 12.1 Å². The Morgan fingerprint density at radius 2 is 2.11 bits per heavy atom. The number of hydrogen-bond acceptors (Lipinski definition) is 6. The summed E-state index contributed by atoms with van der Waals surface area (Å²) in [4.78, 5) is 36.8. The largest absolute Gasteiger partial charge is 0.481 e. The molecule has 0 bridgehead atoms. The van der Waals surface area contributed by atoms with E-state index < -0.39 is 12.1 Å². The number of carbonyl (C=O) groups excluding carboxylic acids is 2. The highest BCUT2D eigenvalue weighted by atomic mass is 16.6. The Balaban J connectivity index is 1.93. The van der Waals surface area contributed by atoms with Crippen LogP contribution in [0.15, 0.2) is 0 Å². The summed E-state index contributed by atoms with van der Waals surface area (Å²) in [5.74, 6) is -1.30. The SMILES string of the molecule is O=C(O)CC1COCCN1CC(=O)N1CCOC1=O. The quantitative estimate of drug-likeness (QED) is 0.711. The fourth-order valence-electron chi connectivity index (χ4n) is 2.17. The Hall–Kier alpha value is -1.67. The zero-order valence-corrected chi connectivity index (χ0v) is 10.4. The van der Waals surface area contributed by atoms with Crippen LogP contribution in [-0.2, 0) is 19.1 Å². The van der Waals surface area contributed by atoms with E-state index in [1.54, 1.807) is 4.90 Å². The molecule has 1 atom stereocenters. The molecule has 0 aromatic heterocycles. The fourth-order valence-corrected chi connectivity index (χ4v) is 2.17. The molecule has 2 aliphatic heterocycles. The average Bonchev–Trinajstić information content (AvgIpc) is 2.77. The molecule has 1 unspecified atom stereocenters. The number of carboxylic acid groups (broad SMARTS) is 1. The molecule has 0 aliphatic carbocycles. The average molecular weight is 272 g/mol. The van der Waals surface area contributed by atoms with Crippen LogP contribution in [0.5, 0.6) is 0 Å². The number of imide groups is 1. The molecule has 0 radical (unpaired) electrons. The summed E-state index contributed by atoms with van der Waals surface area (Å²) >= 11 is 0. The van der Waals surface area contributed by atoms with Crippen molar-refractivity contribution in [3.8, 4) is 0 Å². The van der Waals surface area contributed by atoms with Gasteiger partial charge in [-0.1, -0.05) is 0 Å². The summed E-state index contributed by atoms with van der Waals surface area (Å²) in [6.07, 6.45) is -0.717. The molecule has 0 aromatic carbocycles. The summed E-state index contributed by atoms with van der Waals surface area (Å²) in [7, 11) is 0. The Morgan fingerprint density at radius 3 is 2.74 bits per heavy atom. The fraction of sp³-hybridized carbons (Fsp3) is 0.727. The van der Waals surface area contributed by atoms with Crippen LogP contribution < -0.4 is 0 Å². The summed E-state index contributed by atoms with van der Waals surface area (Å²) in [6, 6.07) is -0.339. The van der Waals surface area contributed by atoms with Gasteiger partial charge < -0.3 is 14.6 Å². The molecule has 0 spiro atoms. The van der Waals surface area contributed by atoms with Crippen molar-refractivity contribution in [3.05, 3.63) is 0 Å². The highest BCUT2D eigenvalue weighted by Crippen LogP contribution is 2.12. The predicted molar refractivity (Wildman–Crippen MR) is 61.5 cm³/mol. The second kappa shape index (κ2) is 5.98. The van der Waals surface area contributed by atoms with Gasteiger partial charge in [-0.3, -0.25) is 14.5 Å². The molecule has 2 aliphatic rings. The molecule has 2 amide bonds. The standard InChI is InChI=1S/C11H16N2O6/c14-9(13-2-4-19-11(13)17)6-12-1-3-18-7-8(12)5-10(15)16/h8H,1-7H2,(H,15,16). The van der Waals surface area contributed by atoms with Gasteiger partial charge in [-0.2, -0.15) is 0 Å². The first-order chi connectivity index (χ1) is 9.08. The number of amides is 2. The van der Waals surface area contributed by atoms with Crippen LogP contribution in [0.2, 0.25) is 0 Å². The van der Waals surface area contributed by atoms with Crippen molar-refractivity contribution in [2.45, 2.75) is 12.5 Å². The number of carbonyl (C=O) groups is 3. The minimum Gasteiger partial charge on any atom is -0.481 e. The zero-order chi connectivity index (χ0) is 13.8. The van der Waals surface area contributed by atoms with E-state index in [1.807, 2.05) is 0 Å². The maximum atomic E-state index is 12.0. The molecule has 19 heavy (non-hydrogen) atoms. The molecule has 2 heterocycles. The van der Waals surface area contributed by atoms with E-state index in [0.29, 0.717) is 13.2 Å². The summed E-state index contributed by atoms with van der Waals surface area (Å²) in [5, 5.41) is 8.82. The minimum absolute atomic E-state index is 0.0103. The van der Waals surface area contributed by atoms with Crippen LogP contribution in [0.4, 0.5) is 4.79 Å². The van der Waals surface area contributed by atoms with Crippen LogP contribution in [-0.4, -0.2) is 78.4 Å². The van der Waals surface area contributed by atoms with Crippen LogP contribution in [0.1, 0.15) is 6.42 Å². The molecular weight excluding hydrogens is 256 g/mol. The number of carboxylic acids is 1. The molecule has 2 rings (SSSR count). The number of hydrogen-bond donors (Lipinski definition) is 1. The van der Waals surface area contributed by atoms with Crippen molar-refractivity contribution < 1.29 is 29.0 Å². The third kappa shape index (κ3) is 3.42. The van der Waals surface area contributed by atoms with E-state index in [9.17, 15) is 14.4 Å². The van der Waals surface area contributed by atoms with E-state index >= 15 is 0 Å². The van der Waals surface area contributed by atoms with Crippen molar-refractivity contribution in [1.82, 2.24) is 9.80 Å². The topological polar surface area (TPSA) is 96.4 Å². The first-order valence-corrected chi connectivity index (χ1v) is 6.08. The van der Waals surface area contributed by atoms with Crippen LogP contribution >= 0.6 is 0 Å². The van der Waals surface area contributed by atoms with Crippen molar-refractivity contribution in [3.63, 3.8) is 0 Å². The first kappa shape index (κ1) is 13.8. The Bertz CT molecular complexity index is 385. The molecule has 0 aromatic rings. The number of cyclic esters (lactones) is 1. The van der Waals surface area contributed by atoms with Crippen LogP contribution in [0.25, 0.3) is 0 Å². The van der Waals surface area contributed by atoms with Crippen molar-refractivity contribution >= 4 is 18.0 Å². The normalized spacial score (nSPS) is 24.3. The highest BCUT2D eigenvalue weighted by Gasteiger charge is 2.32. The third-order valence-corrected chi connectivity index (χ3v) is 3.16. The van der Waals surface area contributed by atoms with Gasteiger partial charge in [-0.05, 0) is 0 Å². The molecular formula is C11H16N2O6. The summed E-state index contributed by atoms with van der Waals surface area (Å²) < 4.78 is 9.92. The second-order valence-corrected chi connectivity index (χ2v) is 4.46. The minimum atomic E-state index is -0.937. The van der Waals surface area contributed by atoms with Gasteiger partial charge in [0, 0.05) is 12.6 Å². The van der Waals surface area contributed by atoms with Gasteiger partial charge in [-0.25, -0.2) is 9.69 Å². The van der Waals surface area contributed by atoms with E-state index in [1.165, 1.54) is 0 Å². The molecule has 0 saturated carbocycles. The lowest BCUT2D eigenvalue weighted by Crippen LogP contribution is -2.51. The molecule has 8 nitrogen and oxygen atoms in total. The van der Waals surface area contributed by atoms with Gasteiger partial charge in [0.25, 0.3) is 0 Å². The lowest BCUT2D eigenvalue weighted by molar-refractivity contribution is -0.142.